The van der Waals surface area contributed by atoms with E-state index in [1.165, 1.54) is 13.3 Å². The van der Waals surface area contributed by atoms with Crippen molar-refractivity contribution in [1.29, 1.82) is 0 Å². The van der Waals surface area contributed by atoms with Crippen LogP contribution >= 0.6 is 0 Å². The molecule has 1 saturated heterocycles. The predicted molar refractivity (Wildman–Crippen MR) is 82.8 cm³/mol. The molecule has 0 bridgehead atoms. The van der Waals surface area contributed by atoms with Gasteiger partial charge in [0.25, 0.3) is 5.91 Å². The van der Waals surface area contributed by atoms with Gasteiger partial charge in [0.2, 0.25) is 11.8 Å². The first kappa shape index (κ1) is 16.3. The molecule has 1 aliphatic rings. The Morgan fingerprint density at radius 1 is 1.45 bits per heavy atom. The summed E-state index contributed by atoms with van der Waals surface area (Å²) in [6.07, 6.45) is 4.43. The van der Waals surface area contributed by atoms with Crippen molar-refractivity contribution in [3.63, 3.8) is 0 Å². The van der Waals surface area contributed by atoms with Crippen molar-refractivity contribution in [2.75, 3.05) is 20.2 Å². The molecule has 1 fully saturated rings. The van der Waals surface area contributed by atoms with Crippen LogP contribution < -0.4 is 10.1 Å². The number of nitrogens with one attached hydrogen (secondary N) is 1. The first-order valence-corrected chi connectivity index (χ1v) is 7.72. The number of hydrogen-bond donors (Lipinski definition) is 1. The van der Waals surface area contributed by atoms with Gasteiger partial charge in [0.15, 0.2) is 0 Å². The Balaban J connectivity index is 1.92. The van der Waals surface area contributed by atoms with Crippen LogP contribution in [-0.4, -0.2) is 47.9 Å². The minimum Gasteiger partial charge on any atom is -0.481 e. The van der Waals surface area contributed by atoms with E-state index in [1.807, 2.05) is 4.90 Å². The van der Waals surface area contributed by atoms with Crippen LogP contribution in [0.5, 0.6) is 5.88 Å². The normalized spacial score (nSPS) is 18.7. The molecule has 2 rings (SSSR count). The summed E-state index contributed by atoms with van der Waals surface area (Å²) in [5.41, 5.74) is 0.502. The summed E-state index contributed by atoms with van der Waals surface area (Å²) in [6, 6.07) is 3.38. The lowest BCUT2D eigenvalue weighted by atomic mass is 10.1. The molecule has 0 spiro atoms. The van der Waals surface area contributed by atoms with Crippen molar-refractivity contribution in [2.24, 2.45) is 0 Å². The fourth-order valence-corrected chi connectivity index (χ4v) is 2.59. The van der Waals surface area contributed by atoms with Crippen LogP contribution in [0, 0.1) is 0 Å². The van der Waals surface area contributed by atoms with Gasteiger partial charge in [-0.2, -0.15) is 0 Å². The van der Waals surface area contributed by atoms with Gasteiger partial charge in [-0.15, -0.1) is 0 Å². The zero-order valence-electron chi connectivity index (χ0n) is 13.2. The summed E-state index contributed by atoms with van der Waals surface area (Å²) in [5, 5.41) is 3.00. The molecule has 2 heterocycles. The highest BCUT2D eigenvalue weighted by molar-refractivity contribution is 5.94. The van der Waals surface area contributed by atoms with Gasteiger partial charge in [0.05, 0.1) is 12.7 Å². The molecule has 0 aliphatic carbocycles. The smallest absolute Gasteiger partial charge is 0.253 e. The van der Waals surface area contributed by atoms with E-state index in [0.29, 0.717) is 30.8 Å². The van der Waals surface area contributed by atoms with Crippen LogP contribution in [0.3, 0.4) is 0 Å². The van der Waals surface area contributed by atoms with Crippen LogP contribution in [-0.2, 0) is 4.79 Å². The van der Waals surface area contributed by atoms with Gasteiger partial charge < -0.3 is 15.0 Å². The maximum atomic E-state index is 12.2. The van der Waals surface area contributed by atoms with E-state index in [9.17, 15) is 9.59 Å². The Labute approximate surface area is 130 Å². The minimum atomic E-state index is -0.156. The zero-order valence-corrected chi connectivity index (χ0v) is 13.2. The number of likely N-dealkylation sites (tertiary alicyclic amines) is 1. The number of amides is 2. The fourth-order valence-electron chi connectivity index (χ4n) is 2.59. The van der Waals surface area contributed by atoms with Gasteiger partial charge in [0.1, 0.15) is 0 Å². The minimum absolute atomic E-state index is 0.0282. The second-order valence-corrected chi connectivity index (χ2v) is 5.47. The molecule has 1 unspecified atom stereocenters. The van der Waals surface area contributed by atoms with Crippen molar-refractivity contribution in [1.82, 2.24) is 15.2 Å². The van der Waals surface area contributed by atoms with Crippen molar-refractivity contribution in [2.45, 2.75) is 38.6 Å². The van der Waals surface area contributed by atoms with Crippen molar-refractivity contribution >= 4 is 11.8 Å². The molecule has 0 saturated carbocycles. The lowest BCUT2D eigenvalue weighted by Gasteiger charge is -2.20. The van der Waals surface area contributed by atoms with Crippen LogP contribution in [0.15, 0.2) is 18.3 Å². The van der Waals surface area contributed by atoms with Gasteiger partial charge in [-0.25, -0.2) is 4.98 Å². The maximum Gasteiger partial charge on any atom is 0.253 e. The van der Waals surface area contributed by atoms with E-state index < -0.39 is 0 Å². The Kier molecular flexibility index (Phi) is 5.75. The number of carbonyl (C=O) groups is 2. The summed E-state index contributed by atoms with van der Waals surface area (Å²) in [6.45, 7) is 3.56. The number of pyridine rings is 1. The Morgan fingerprint density at radius 3 is 2.91 bits per heavy atom. The highest BCUT2D eigenvalue weighted by atomic mass is 16.5. The molecule has 1 aliphatic heterocycles. The average Bonchev–Trinajstić information content (AvgIpc) is 2.71. The molecular weight excluding hydrogens is 282 g/mol. The second-order valence-electron chi connectivity index (χ2n) is 5.47. The third-order valence-electron chi connectivity index (χ3n) is 3.84. The molecule has 2 amide bonds. The van der Waals surface area contributed by atoms with Crippen LogP contribution in [0.4, 0.5) is 0 Å². The van der Waals surface area contributed by atoms with Crippen molar-refractivity contribution < 1.29 is 14.3 Å². The monoisotopic (exact) mass is 305 g/mol. The van der Waals surface area contributed by atoms with Crippen LogP contribution in [0.1, 0.15) is 43.0 Å². The molecule has 0 radical (unpaired) electrons. The van der Waals surface area contributed by atoms with Crippen LogP contribution in [0.25, 0.3) is 0 Å². The van der Waals surface area contributed by atoms with Crippen molar-refractivity contribution in [3.05, 3.63) is 23.9 Å². The standard InChI is InChI=1S/C16H23N3O3/c1-3-9-19-10-8-13(5-7-15(19)20)18-16(21)12-4-6-14(22-2)17-11-12/h4,6,11,13H,3,5,7-10H2,1-2H3,(H,18,21). The average molecular weight is 305 g/mol. The first-order chi connectivity index (χ1) is 10.6. The Bertz CT molecular complexity index is 516. The molecule has 120 valence electrons. The predicted octanol–water partition coefficient (Wildman–Crippen LogP) is 1.61. The van der Waals surface area contributed by atoms with Gasteiger partial charge in [0, 0.05) is 37.8 Å². The second kappa shape index (κ2) is 7.77. The largest absolute Gasteiger partial charge is 0.481 e. The number of methoxy groups -OCH3 is 1. The quantitative estimate of drug-likeness (QED) is 0.897. The molecule has 1 N–H and O–H groups in total. The van der Waals surface area contributed by atoms with Gasteiger partial charge >= 0.3 is 0 Å². The van der Waals surface area contributed by atoms with Gasteiger partial charge in [-0.3, -0.25) is 9.59 Å². The van der Waals surface area contributed by atoms with Crippen molar-refractivity contribution in [3.8, 4) is 5.88 Å². The number of hydrogen-bond acceptors (Lipinski definition) is 4. The van der Waals surface area contributed by atoms with Gasteiger partial charge in [-0.05, 0) is 25.3 Å². The number of aromatic nitrogens is 1. The summed E-state index contributed by atoms with van der Waals surface area (Å²) in [5.74, 6) is 0.507. The summed E-state index contributed by atoms with van der Waals surface area (Å²) in [7, 11) is 1.53. The number of ether oxygens (including phenoxy) is 1. The highest BCUT2D eigenvalue weighted by Crippen LogP contribution is 2.14. The van der Waals surface area contributed by atoms with E-state index in [2.05, 4.69) is 17.2 Å². The fraction of sp³-hybridized carbons (Fsp3) is 0.562. The lowest BCUT2D eigenvalue weighted by molar-refractivity contribution is -0.130. The topological polar surface area (TPSA) is 71.5 Å². The van der Waals surface area contributed by atoms with E-state index in [0.717, 1.165) is 19.4 Å². The van der Waals surface area contributed by atoms with E-state index in [4.69, 9.17) is 4.74 Å². The van der Waals surface area contributed by atoms with E-state index in [1.54, 1.807) is 12.1 Å². The third kappa shape index (κ3) is 4.19. The number of rotatable bonds is 5. The summed E-state index contributed by atoms with van der Waals surface area (Å²) >= 11 is 0. The Morgan fingerprint density at radius 2 is 2.27 bits per heavy atom. The SMILES string of the molecule is CCCN1CCC(NC(=O)c2ccc(OC)nc2)CCC1=O. The summed E-state index contributed by atoms with van der Waals surface area (Å²) in [4.78, 5) is 30.1. The molecule has 6 heteroatoms. The first-order valence-electron chi connectivity index (χ1n) is 7.72. The Hall–Kier alpha value is -2.11. The third-order valence-corrected chi connectivity index (χ3v) is 3.84. The van der Waals surface area contributed by atoms with E-state index >= 15 is 0 Å². The lowest BCUT2D eigenvalue weighted by Crippen LogP contribution is -2.36. The molecule has 1 atom stereocenters. The van der Waals surface area contributed by atoms with Crippen LogP contribution in [0.2, 0.25) is 0 Å². The highest BCUT2D eigenvalue weighted by Gasteiger charge is 2.23. The molecular formula is C16H23N3O3. The van der Waals surface area contributed by atoms with E-state index in [-0.39, 0.29) is 17.9 Å². The maximum absolute atomic E-state index is 12.2. The van der Waals surface area contributed by atoms with Gasteiger partial charge in [-0.1, -0.05) is 6.92 Å². The summed E-state index contributed by atoms with van der Waals surface area (Å²) < 4.78 is 4.98. The number of nitrogens with zero attached hydrogens (tertiary/aromatic N) is 2. The zero-order chi connectivity index (χ0) is 15.9. The number of carbonyl (C=O) groups excluding carboxylic acids is 2. The molecule has 6 nitrogen and oxygen atoms in total. The molecule has 22 heavy (non-hydrogen) atoms. The molecule has 1 aromatic heterocycles. The molecule has 1 aromatic rings. The molecule has 0 aromatic carbocycles.